The highest BCUT2D eigenvalue weighted by Gasteiger charge is 2.12. The van der Waals surface area contributed by atoms with E-state index in [0.29, 0.717) is 35.7 Å². The number of ether oxygens (including phenoxy) is 3. The molecule has 1 N–H and O–H groups in total. The number of methoxy groups -OCH3 is 3. The number of hydrogen-bond acceptors (Lipinski definition) is 6. The number of rotatable bonds is 9. The molecule has 0 aliphatic carbocycles. The molecule has 0 saturated carbocycles. The summed E-state index contributed by atoms with van der Waals surface area (Å²) in [6.45, 7) is 0.233. The van der Waals surface area contributed by atoms with Crippen LogP contribution in [-0.2, 0) is 17.8 Å². The molecular weight excluding hydrogens is 398 g/mol. The fourth-order valence-corrected chi connectivity index (χ4v) is 3.15. The number of amides is 1. The van der Waals surface area contributed by atoms with Crippen LogP contribution in [0.4, 0.5) is 0 Å². The van der Waals surface area contributed by atoms with Crippen LogP contribution >= 0.6 is 0 Å². The number of aromatic nitrogens is 2. The van der Waals surface area contributed by atoms with Gasteiger partial charge in [0.25, 0.3) is 5.56 Å². The Morgan fingerprint density at radius 2 is 1.74 bits per heavy atom. The first kappa shape index (κ1) is 21.9. The zero-order valence-corrected chi connectivity index (χ0v) is 17.8. The van der Waals surface area contributed by atoms with Crippen LogP contribution in [0.15, 0.2) is 59.4 Å². The predicted octanol–water partition coefficient (Wildman–Crippen LogP) is 2.29. The Morgan fingerprint density at radius 1 is 0.968 bits per heavy atom. The molecule has 3 aromatic rings. The van der Waals surface area contributed by atoms with Gasteiger partial charge in [0.1, 0.15) is 23.8 Å². The predicted molar refractivity (Wildman–Crippen MR) is 117 cm³/mol. The summed E-state index contributed by atoms with van der Waals surface area (Å²) >= 11 is 0. The fraction of sp³-hybridized carbons (Fsp3) is 0.261. The number of hydrogen-bond donors (Lipinski definition) is 1. The highest BCUT2D eigenvalue weighted by molar-refractivity contribution is 5.75. The monoisotopic (exact) mass is 423 g/mol. The van der Waals surface area contributed by atoms with Gasteiger partial charge in [-0.2, -0.15) is 5.10 Å². The van der Waals surface area contributed by atoms with Gasteiger partial charge in [0.15, 0.2) is 0 Å². The normalized spacial score (nSPS) is 10.4. The molecule has 0 bridgehead atoms. The van der Waals surface area contributed by atoms with Crippen LogP contribution in [0.3, 0.4) is 0 Å². The summed E-state index contributed by atoms with van der Waals surface area (Å²) in [5.74, 6) is 1.67. The van der Waals surface area contributed by atoms with E-state index in [0.717, 1.165) is 16.0 Å². The minimum atomic E-state index is -0.365. The Hall–Kier alpha value is -3.81. The van der Waals surface area contributed by atoms with Crippen molar-refractivity contribution in [2.24, 2.45) is 0 Å². The summed E-state index contributed by atoms with van der Waals surface area (Å²) < 4.78 is 17.1. The van der Waals surface area contributed by atoms with Gasteiger partial charge in [-0.05, 0) is 36.2 Å². The maximum absolute atomic E-state index is 12.4. The van der Waals surface area contributed by atoms with Gasteiger partial charge in [-0.3, -0.25) is 9.59 Å². The van der Waals surface area contributed by atoms with Gasteiger partial charge >= 0.3 is 0 Å². The molecule has 0 spiro atoms. The molecule has 1 amide bonds. The van der Waals surface area contributed by atoms with Crippen LogP contribution in [0.25, 0.3) is 11.3 Å². The lowest BCUT2D eigenvalue weighted by atomic mass is 10.1. The zero-order chi connectivity index (χ0) is 22.2. The van der Waals surface area contributed by atoms with Crippen molar-refractivity contribution in [1.29, 1.82) is 0 Å². The fourth-order valence-electron chi connectivity index (χ4n) is 3.15. The third-order valence-corrected chi connectivity index (χ3v) is 4.75. The van der Waals surface area contributed by atoms with Gasteiger partial charge in [-0.15, -0.1) is 0 Å². The molecule has 162 valence electrons. The molecule has 0 aliphatic rings. The molecule has 31 heavy (non-hydrogen) atoms. The van der Waals surface area contributed by atoms with E-state index < -0.39 is 0 Å². The van der Waals surface area contributed by atoms with Gasteiger partial charge in [0.05, 0.1) is 27.0 Å². The number of carbonyl (C=O) groups is 1. The van der Waals surface area contributed by atoms with Gasteiger partial charge in [-0.25, -0.2) is 4.68 Å². The molecule has 8 nitrogen and oxygen atoms in total. The van der Waals surface area contributed by atoms with Crippen molar-refractivity contribution >= 4 is 5.91 Å². The van der Waals surface area contributed by atoms with Crippen molar-refractivity contribution in [1.82, 2.24) is 15.1 Å². The van der Waals surface area contributed by atoms with Crippen molar-refractivity contribution in [3.8, 4) is 28.5 Å². The minimum Gasteiger partial charge on any atom is -0.497 e. The lowest BCUT2D eigenvalue weighted by molar-refractivity contribution is -0.121. The summed E-state index contributed by atoms with van der Waals surface area (Å²) in [7, 11) is 4.73. The van der Waals surface area contributed by atoms with Crippen molar-refractivity contribution in [3.05, 3.63) is 70.5 Å². The van der Waals surface area contributed by atoms with Crippen LogP contribution in [0.1, 0.15) is 5.56 Å². The average molecular weight is 423 g/mol. The summed E-state index contributed by atoms with van der Waals surface area (Å²) in [6.07, 6.45) is 0.612. The van der Waals surface area contributed by atoms with E-state index in [1.54, 1.807) is 45.6 Å². The highest BCUT2D eigenvalue weighted by Crippen LogP contribution is 2.31. The van der Waals surface area contributed by atoms with Crippen LogP contribution in [-0.4, -0.2) is 43.6 Å². The topological polar surface area (TPSA) is 91.7 Å². The third-order valence-electron chi connectivity index (χ3n) is 4.75. The lowest BCUT2D eigenvalue weighted by Crippen LogP contribution is -2.34. The van der Waals surface area contributed by atoms with E-state index in [1.807, 2.05) is 24.3 Å². The molecule has 1 aromatic heterocycles. The molecule has 0 unspecified atom stereocenters. The number of carbonyl (C=O) groups excluding carboxylic acids is 1. The number of nitrogens with zero attached hydrogens (tertiary/aromatic N) is 2. The van der Waals surface area contributed by atoms with E-state index in [9.17, 15) is 9.59 Å². The van der Waals surface area contributed by atoms with E-state index in [-0.39, 0.29) is 18.0 Å². The second-order valence-electron chi connectivity index (χ2n) is 6.69. The Bertz CT molecular complexity index is 1110. The molecular formula is C23H25N3O5. The van der Waals surface area contributed by atoms with Crippen molar-refractivity contribution in [3.63, 3.8) is 0 Å². The molecule has 8 heteroatoms. The lowest BCUT2D eigenvalue weighted by Gasteiger charge is -2.12. The standard InChI is InChI=1S/C23H25N3O5/c1-29-17-8-9-18(21(14-17)31-3)19-10-11-23(28)26(25-19)15-22(27)24-13-12-16-6-4-5-7-20(16)30-2/h4-11,14H,12-13,15H2,1-3H3,(H,24,27). The molecule has 0 atom stereocenters. The third kappa shape index (κ3) is 5.42. The van der Waals surface area contributed by atoms with Crippen molar-refractivity contribution < 1.29 is 19.0 Å². The summed E-state index contributed by atoms with van der Waals surface area (Å²) in [6, 6.07) is 15.9. The van der Waals surface area contributed by atoms with E-state index in [2.05, 4.69) is 10.4 Å². The van der Waals surface area contributed by atoms with Crippen LogP contribution in [0.5, 0.6) is 17.2 Å². The first-order chi connectivity index (χ1) is 15.0. The van der Waals surface area contributed by atoms with Crippen LogP contribution in [0.2, 0.25) is 0 Å². The largest absolute Gasteiger partial charge is 0.497 e. The summed E-state index contributed by atoms with van der Waals surface area (Å²) in [5.41, 5.74) is 1.83. The Balaban J connectivity index is 1.69. The van der Waals surface area contributed by atoms with Gasteiger partial charge < -0.3 is 19.5 Å². The van der Waals surface area contributed by atoms with E-state index in [4.69, 9.17) is 14.2 Å². The number of benzene rings is 2. The second-order valence-corrected chi connectivity index (χ2v) is 6.69. The number of para-hydroxylation sites is 1. The van der Waals surface area contributed by atoms with Crippen LogP contribution in [0, 0.1) is 0 Å². The van der Waals surface area contributed by atoms with Crippen LogP contribution < -0.4 is 25.1 Å². The molecule has 2 aromatic carbocycles. The second kappa shape index (κ2) is 10.3. The Labute approximate surface area is 180 Å². The maximum Gasteiger partial charge on any atom is 0.267 e. The quantitative estimate of drug-likeness (QED) is 0.568. The molecule has 0 saturated heterocycles. The van der Waals surface area contributed by atoms with Gasteiger partial charge in [-0.1, -0.05) is 18.2 Å². The van der Waals surface area contributed by atoms with E-state index in [1.165, 1.54) is 6.07 Å². The number of nitrogens with one attached hydrogen (secondary N) is 1. The van der Waals surface area contributed by atoms with Gasteiger partial charge in [0.2, 0.25) is 5.91 Å². The zero-order valence-electron chi connectivity index (χ0n) is 17.8. The van der Waals surface area contributed by atoms with Gasteiger partial charge in [0, 0.05) is 24.2 Å². The molecule has 0 aliphatic heterocycles. The van der Waals surface area contributed by atoms with Crippen molar-refractivity contribution in [2.75, 3.05) is 27.9 Å². The first-order valence-corrected chi connectivity index (χ1v) is 9.75. The Kier molecular flexibility index (Phi) is 7.26. The average Bonchev–Trinajstić information content (AvgIpc) is 2.80. The molecule has 0 radical (unpaired) electrons. The summed E-state index contributed by atoms with van der Waals surface area (Å²) in [4.78, 5) is 24.6. The van der Waals surface area contributed by atoms with E-state index >= 15 is 0 Å². The maximum atomic E-state index is 12.4. The minimum absolute atomic E-state index is 0.183. The SMILES string of the molecule is COc1ccc(-c2ccc(=O)n(CC(=O)NCCc3ccccc3OC)n2)c(OC)c1. The first-order valence-electron chi connectivity index (χ1n) is 9.75. The highest BCUT2D eigenvalue weighted by atomic mass is 16.5. The molecule has 3 rings (SSSR count). The smallest absolute Gasteiger partial charge is 0.267 e. The summed E-state index contributed by atoms with van der Waals surface area (Å²) in [5, 5.41) is 7.16. The van der Waals surface area contributed by atoms with Crippen molar-refractivity contribution in [2.45, 2.75) is 13.0 Å². The molecule has 1 heterocycles. The Morgan fingerprint density at radius 3 is 2.48 bits per heavy atom. The molecule has 0 fully saturated rings.